The van der Waals surface area contributed by atoms with E-state index in [1.165, 1.54) is 0 Å². The molecule has 1 unspecified atom stereocenters. The lowest BCUT2D eigenvalue weighted by Gasteiger charge is -2.24. The van der Waals surface area contributed by atoms with Gasteiger partial charge in [0.25, 0.3) is 0 Å². The van der Waals surface area contributed by atoms with E-state index >= 15 is 0 Å². The zero-order chi connectivity index (χ0) is 11.2. The molecular formula is C10H21NO2S. The third-order valence-electron chi connectivity index (χ3n) is 2.22. The Kier molecular flexibility index (Phi) is 6.20. The second-order valence-electron chi connectivity index (χ2n) is 4.18. The van der Waals surface area contributed by atoms with Crippen molar-refractivity contribution in [2.45, 2.75) is 44.4 Å². The Morgan fingerprint density at radius 3 is 2.57 bits per heavy atom. The first-order valence-electron chi connectivity index (χ1n) is 4.88. The summed E-state index contributed by atoms with van der Waals surface area (Å²) in [5.74, 6) is -0.720. The second kappa shape index (κ2) is 6.30. The molecule has 0 radical (unpaired) electrons. The van der Waals surface area contributed by atoms with Gasteiger partial charge in [-0.05, 0) is 33.4 Å². The van der Waals surface area contributed by atoms with Crippen LogP contribution in [0.2, 0.25) is 0 Å². The second-order valence-corrected chi connectivity index (χ2v) is 5.69. The molecule has 0 aliphatic rings. The first-order valence-corrected chi connectivity index (χ1v) is 6.10. The van der Waals surface area contributed by atoms with E-state index in [4.69, 9.17) is 5.11 Å². The smallest absolute Gasteiger partial charge is 0.303 e. The molecule has 0 saturated heterocycles. The van der Waals surface area contributed by atoms with Crippen LogP contribution in [-0.2, 0) is 4.79 Å². The van der Waals surface area contributed by atoms with Crippen LogP contribution in [-0.4, -0.2) is 34.7 Å². The summed E-state index contributed by atoms with van der Waals surface area (Å²) in [6.45, 7) is 7.29. The van der Waals surface area contributed by atoms with Crippen molar-refractivity contribution < 1.29 is 9.90 Å². The Balaban J connectivity index is 3.63. The molecule has 0 saturated carbocycles. The van der Waals surface area contributed by atoms with Gasteiger partial charge in [-0.1, -0.05) is 0 Å². The summed E-state index contributed by atoms with van der Waals surface area (Å²) in [5.41, 5.74) is 0. The minimum Gasteiger partial charge on any atom is -0.481 e. The lowest BCUT2D eigenvalue weighted by molar-refractivity contribution is -0.137. The molecular weight excluding hydrogens is 198 g/mol. The van der Waals surface area contributed by atoms with E-state index in [2.05, 4.69) is 25.4 Å². The van der Waals surface area contributed by atoms with Crippen LogP contribution in [0.1, 0.15) is 33.6 Å². The molecule has 0 heterocycles. The van der Waals surface area contributed by atoms with Gasteiger partial charge in [-0.15, -0.1) is 0 Å². The molecule has 0 aromatic rings. The van der Waals surface area contributed by atoms with Crippen LogP contribution in [0.15, 0.2) is 0 Å². The van der Waals surface area contributed by atoms with E-state index in [-0.39, 0.29) is 17.2 Å². The maximum absolute atomic E-state index is 10.3. The van der Waals surface area contributed by atoms with Gasteiger partial charge in [-0.2, -0.15) is 11.8 Å². The first kappa shape index (κ1) is 13.8. The molecule has 0 aromatic heterocycles. The van der Waals surface area contributed by atoms with Crippen LogP contribution in [0, 0.1) is 0 Å². The third kappa shape index (κ3) is 7.21. The number of aliphatic carboxylic acids is 1. The van der Waals surface area contributed by atoms with Gasteiger partial charge in [0.1, 0.15) is 0 Å². The van der Waals surface area contributed by atoms with Crippen LogP contribution in [0.3, 0.4) is 0 Å². The standard InChI is InChI=1S/C10H21NO2S/c1-8(5-6-9(12)13)11-7-10(2,3)14-4/h8,11H,5-7H2,1-4H3,(H,12,13). The van der Waals surface area contributed by atoms with Crippen LogP contribution >= 0.6 is 11.8 Å². The van der Waals surface area contributed by atoms with Gasteiger partial charge in [-0.3, -0.25) is 4.79 Å². The molecule has 0 bridgehead atoms. The van der Waals surface area contributed by atoms with E-state index in [1.54, 1.807) is 0 Å². The number of carboxylic acid groups (broad SMARTS) is 1. The van der Waals surface area contributed by atoms with Gasteiger partial charge >= 0.3 is 5.97 Å². The van der Waals surface area contributed by atoms with Gasteiger partial charge in [-0.25, -0.2) is 0 Å². The molecule has 3 nitrogen and oxygen atoms in total. The molecule has 0 aliphatic carbocycles. The fourth-order valence-corrected chi connectivity index (χ4v) is 1.16. The molecule has 4 heteroatoms. The molecule has 2 N–H and O–H groups in total. The van der Waals surface area contributed by atoms with Crippen molar-refractivity contribution in [2.75, 3.05) is 12.8 Å². The number of thioether (sulfide) groups is 1. The van der Waals surface area contributed by atoms with Crippen LogP contribution in [0.4, 0.5) is 0 Å². The molecule has 0 aliphatic heterocycles. The van der Waals surface area contributed by atoms with Gasteiger partial charge in [0.05, 0.1) is 0 Å². The highest BCUT2D eigenvalue weighted by Crippen LogP contribution is 2.19. The Morgan fingerprint density at radius 1 is 1.57 bits per heavy atom. The van der Waals surface area contributed by atoms with Crippen molar-refractivity contribution in [3.05, 3.63) is 0 Å². The average molecular weight is 219 g/mol. The number of rotatable bonds is 7. The topological polar surface area (TPSA) is 49.3 Å². The molecule has 0 aromatic carbocycles. The van der Waals surface area contributed by atoms with Crippen LogP contribution in [0.25, 0.3) is 0 Å². The molecule has 14 heavy (non-hydrogen) atoms. The van der Waals surface area contributed by atoms with Gasteiger partial charge in [0.2, 0.25) is 0 Å². The molecule has 0 rings (SSSR count). The lowest BCUT2D eigenvalue weighted by atomic mass is 10.1. The molecule has 0 fully saturated rings. The van der Waals surface area contributed by atoms with E-state index in [0.29, 0.717) is 6.42 Å². The normalized spacial score (nSPS) is 14.0. The van der Waals surface area contributed by atoms with Crippen molar-refractivity contribution in [3.63, 3.8) is 0 Å². The minimum absolute atomic E-state index is 0.220. The monoisotopic (exact) mass is 219 g/mol. The fourth-order valence-electron chi connectivity index (χ4n) is 0.934. The number of hydrogen-bond donors (Lipinski definition) is 2. The van der Waals surface area contributed by atoms with Crippen molar-refractivity contribution in [2.24, 2.45) is 0 Å². The predicted octanol–water partition coefficient (Wildman–Crippen LogP) is 1.97. The molecule has 0 amide bonds. The van der Waals surface area contributed by atoms with Crippen LogP contribution < -0.4 is 5.32 Å². The number of nitrogens with one attached hydrogen (secondary N) is 1. The van der Waals surface area contributed by atoms with E-state index in [0.717, 1.165) is 6.54 Å². The minimum atomic E-state index is -0.720. The summed E-state index contributed by atoms with van der Waals surface area (Å²) in [7, 11) is 0. The lowest BCUT2D eigenvalue weighted by Crippen LogP contribution is -2.37. The van der Waals surface area contributed by atoms with Crippen LogP contribution in [0.5, 0.6) is 0 Å². The Bertz CT molecular complexity index is 183. The van der Waals surface area contributed by atoms with Crippen molar-refractivity contribution in [1.29, 1.82) is 0 Å². The van der Waals surface area contributed by atoms with E-state index in [9.17, 15) is 4.79 Å². The van der Waals surface area contributed by atoms with Gasteiger partial charge < -0.3 is 10.4 Å². The maximum Gasteiger partial charge on any atom is 0.303 e. The average Bonchev–Trinajstić information content (AvgIpc) is 2.11. The Morgan fingerprint density at radius 2 is 2.14 bits per heavy atom. The number of carboxylic acids is 1. The molecule has 1 atom stereocenters. The Hall–Kier alpha value is -0.220. The summed E-state index contributed by atoms with van der Waals surface area (Å²) in [6, 6.07) is 0.275. The largest absolute Gasteiger partial charge is 0.481 e. The summed E-state index contributed by atoms with van der Waals surface area (Å²) in [6.07, 6.45) is 3.03. The summed E-state index contributed by atoms with van der Waals surface area (Å²) >= 11 is 1.81. The summed E-state index contributed by atoms with van der Waals surface area (Å²) < 4.78 is 0.220. The maximum atomic E-state index is 10.3. The number of carbonyl (C=O) groups is 1. The highest BCUT2D eigenvalue weighted by molar-refractivity contribution is 7.99. The predicted molar refractivity (Wildman–Crippen MR) is 61.9 cm³/mol. The van der Waals surface area contributed by atoms with Crippen molar-refractivity contribution in [1.82, 2.24) is 5.32 Å². The van der Waals surface area contributed by atoms with Gasteiger partial charge in [0.15, 0.2) is 0 Å². The SMILES string of the molecule is CSC(C)(C)CNC(C)CCC(=O)O. The van der Waals surface area contributed by atoms with Gasteiger partial charge in [0, 0.05) is 23.8 Å². The summed E-state index contributed by atoms with van der Waals surface area (Å²) in [5, 5.41) is 11.8. The van der Waals surface area contributed by atoms with E-state index < -0.39 is 5.97 Å². The zero-order valence-electron chi connectivity index (χ0n) is 9.46. The van der Waals surface area contributed by atoms with Crippen molar-refractivity contribution >= 4 is 17.7 Å². The highest BCUT2D eigenvalue weighted by Gasteiger charge is 2.16. The third-order valence-corrected chi connectivity index (χ3v) is 3.47. The molecule has 0 spiro atoms. The quantitative estimate of drug-likeness (QED) is 0.687. The zero-order valence-corrected chi connectivity index (χ0v) is 10.3. The first-order chi connectivity index (χ1) is 6.37. The fraction of sp³-hybridized carbons (Fsp3) is 0.900. The van der Waals surface area contributed by atoms with Crippen molar-refractivity contribution in [3.8, 4) is 0 Å². The Labute approximate surface area is 90.7 Å². The van der Waals surface area contributed by atoms with E-state index in [1.807, 2.05) is 18.7 Å². The highest BCUT2D eigenvalue weighted by atomic mass is 32.2. The summed E-state index contributed by atoms with van der Waals surface area (Å²) in [4.78, 5) is 10.3. The molecule has 84 valence electrons. The number of hydrogen-bond acceptors (Lipinski definition) is 3.